The molecule has 2 aromatic carbocycles. The van der Waals surface area contributed by atoms with Gasteiger partial charge in [0.05, 0.1) is 0 Å². The molecule has 1 aliphatic rings. The molecule has 0 amide bonds. The fourth-order valence-electron chi connectivity index (χ4n) is 2.38. The van der Waals surface area contributed by atoms with Gasteiger partial charge in [0.1, 0.15) is 11.5 Å². The number of benzene rings is 2. The first-order valence-corrected chi connectivity index (χ1v) is 7.59. The first-order valence-electron chi connectivity index (χ1n) is 6.47. The van der Waals surface area contributed by atoms with Crippen LogP contribution in [0.3, 0.4) is 0 Å². The molecule has 96 valence electrons. The highest BCUT2D eigenvalue weighted by Gasteiger charge is 2.14. The van der Waals surface area contributed by atoms with Gasteiger partial charge in [-0.25, -0.2) is 0 Å². The zero-order chi connectivity index (χ0) is 13.1. The summed E-state index contributed by atoms with van der Waals surface area (Å²) in [7, 11) is 0. The summed E-state index contributed by atoms with van der Waals surface area (Å²) < 4.78 is 6.00. The van der Waals surface area contributed by atoms with Crippen molar-refractivity contribution in [3.63, 3.8) is 0 Å². The van der Waals surface area contributed by atoms with Crippen LogP contribution in [0.15, 0.2) is 54.1 Å². The number of allylic oxidation sites excluding steroid dienone is 1. The molecular formula is C17H15BrO. The van der Waals surface area contributed by atoms with Gasteiger partial charge in [-0.3, -0.25) is 0 Å². The molecule has 3 rings (SSSR count). The Balaban J connectivity index is 1.94. The van der Waals surface area contributed by atoms with Crippen LogP contribution in [0.1, 0.15) is 17.5 Å². The predicted octanol–water partition coefficient (Wildman–Crippen LogP) is 5.20. The highest BCUT2D eigenvalue weighted by atomic mass is 79.9. The predicted molar refractivity (Wildman–Crippen MR) is 83.1 cm³/mol. The number of alkyl halides is 1. The van der Waals surface area contributed by atoms with E-state index >= 15 is 0 Å². The third-order valence-corrected chi connectivity index (χ3v) is 4.09. The van der Waals surface area contributed by atoms with E-state index in [9.17, 15) is 0 Å². The molecule has 0 bridgehead atoms. The Morgan fingerprint density at radius 1 is 0.947 bits per heavy atom. The molecule has 19 heavy (non-hydrogen) atoms. The van der Waals surface area contributed by atoms with Crippen molar-refractivity contribution >= 4 is 22.0 Å². The quantitative estimate of drug-likeness (QED) is 0.707. The lowest BCUT2D eigenvalue weighted by atomic mass is 9.92. The lowest BCUT2D eigenvalue weighted by molar-refractivity contribution is 0.475. The number of rotatable bonds is 3. The van der Waals surface area contributed by atoms with E-state index in [0.717, 1.165) is 29.7 Å². The van der Waals surface area contributed by atoms with E-state index in [1.165, 1.54) is 16.7 Å². The maximum atomic E-state index is 6.00. The molecule has 2 aromatic rings. The Bertz CT molecular complexity index is 602. The SMILES string of the molecule is BrCC1=Cc2cccc(Oc3ccccc3)c2CC1. The van der Waals surface area contributed by atoms with Gasteiger partial charge in [0.25, 0.3) is 0 Å². The molecule has 0 saturated carbocycles. The van der Waals surface area contributed by atoms with E-state index in [1.54, 1.807) is 0 Å². The summed E-state index contributed by atoms with van der Waals surface area (Å²) in [6.45, 7) is 0. The fraction of sp³-hybridized carbons (Fsp3) is 0.176. The number of ether oxygens (including phenoxy) is 1. The largest absolute Gasteiger partial charge is 0.457 e. The van der Waals surface area contributed by atoms with Gasteiger partial charge in [0.15, 0.2) is 0 Å². The van der Waals surface area contributed by atoms with Gasteiger partial charge in [-0.2, -0.15) is 0 Å². The van der Waals surface area contributed by atoms with E-state index in [2.05, 4.69) is 40.2 Å². The van der Waals surface area contributed by atoms with Crippen molar-refractivity contribution in [3.8, 4) is 11.5 Å². The fourth-order valence-corrected chi connectivity index (χ4v) is 2.82. The summed E-state index contributed by atoms with van der Waals surface area (Å²) in [6.07, 6.45) is 4.43. The van der Waals surface area contributed by atoms with Crippen molar-refractivity contribution in [3.05, 3.63) is 65.2 Å². The van der Waals surface area contributed by atoms with Crippen LogP contribution in [0.4, 0.5) is 0 Å². The Kier molecular flexibility index (Phi) is 3.69. The lowest BCUT2D eigenvalue weighted by Crippen LogP contribution is -2.02. The monoisotopic (exact) mass is 314 g/mol. The van der Waals surface area contributed by atoms with Gasteiger partial charge < -0.3 is 4.74 Å². The van der Waals surface area contributed by atoms with Crippen LogP contribution in [-0.2, 0) is 6.42 Å². The summed E-state index contributed by atoms with van der Waals surface area (Å²) in [5.41, 5.74) is 4.05. The molecule has 0 saturated heterocycles. The minimum atomic E-state index is 0.895. The molecule has 0 radical (unpaired) electrons. The smallest absolute Gasteiger partial charge is 0.131 e. The van der Waals surface area contributed by atoms with Crippen molar-refractivity contribution in [2.24, 2.45) is 0 Å². The molecule has 0 fully saturated rings. The minimum absolute atomic E-state index is 0.895. The number of halogens is 1. The van der Waals surface area contributed by atoms with E-state index in [4.69, 9.17) is 4.74 Å². The molecule has 0 unspecified atom stereocenters. The summed E-state index contributed by atoms with van der Waals surface area (Å²) in [5.74, 6) is 1.87. The van der Waals surface area contributed by atoms with E-state index in [0.29, 0.717) is 0 Å². The Morgan fingerprint density at radius 3 is 2.58 bits per heavy atom. The van der Waals surface area contributed by atoms with Gasteiger partial charge in [0.2, 0.25) is 0 Å². The zero-order valence-corrected chi connectivity index (χ0v) is 12.2. The van der Waals surface area contributed by atoms with Gasteiger partial charge in [-0.05, 0) is 36.6 Å². The van der Waals surface area contributed by atoms with Crippen LogP contribution in [-0.4, -0.2) is 5.33 Å². The van der Waals surface area contributed by atoms with Crippen LogP contribution in [0, 0.1) is 0 Å². The molecule has 1 nitrogen and oxygen atoms in total. The second-order valence-corrected chi connectivity index (χ2v) is 5.24. The van der Waals surface area contributed by atoms with E-state index < -0.39 is 0 Å². The third-order valence-electron chi connectivity index (χ3n) is 3.37. The zero-order valence-electron chi connectivity index (χ0n) is 10.6. The van der Waals surface area contributed by atoms with Gasteiger partial charge in [-0.15, -0.1) is 0 Å². The highest BCUT2D eigenvalue weighted by Crippen LogP contribution is 2.34. The molecule has 0 heterocycles. The van der Waals surface area contributed by atoms with Crippen molar-refractivity contribution in [1.82, 2.24) is 0 Å². The molecule has 0 aromatic heterocycles. The second kappa shape index (κ2) is 5.62. The molecule has 0 spiro atoms. The molecule has 0 N–H and O–H groups in total. The number of para-hydroxylation sites is 1. The summed E-state index contributed by atoms with van der Waals surface area (Å²) in [4.78, 5) is 0. The van der Waals surface area contributed by atoms with Crippen molar-refractivity contribution in [2.75, 3.05) is 5.33 Å². The van der Waals surface area contributed by atoms with Crippen LogP contribution in [0.25, 0.3) is 6.08 Å². The number of fused-ring (bicyclic) bond motifs is 1. The third kappa shape index (κ3) is 2.74. The van der Waals surface area contributed by atoms with Crippen LogP contribution in [0.5, 0.6) is 11.5 Å². The van der Waals surface area contributed by atoms with E-state index in [-0.39, 0.29) is 0 Å². The first kappa shape index (κ1) is 12.5. The summed E-state index contributed by atoms with van der Waals surface area (Å²) in [6, 6.07) is 16.2. The Labute approximate surface area is 122 Å². The Morgan fingerprint density at radius 2 is 1.79 bits per heavy atom. The van der Waals surface area contributed by atoms with E-state index in [1.807, 2.05) is 30.3 Å². The topological polar surface area (TPSA) is 9.23 Å². The van der Waals surface area contributed by atoms with Crippen molar-refractivity contribution in [1.29, 1.82) is 0 Å². The maximum Gasteiger partial charge on any atom is 0.131 e. The highest BCUT2D eigenvalue weighted by molar-refractivity contribution is 9.09. The number of hydrogen-bond acceptors (Lipinski definition) is 1. The standard InChI is InChI=1S/C17H15BrO/c18-12-13-9-10-16-14(11-13)5-4-8-17(16)19-15-6-2-1-3-7-15/h1-8,11H,9-10,12H2. The molecular weight excluding hydrogens is 300 g/mol. The van der Waals surface area contributed by atoms with Crippen LogP contribution >= 0.6 is 15.9 Å². The summed E-state index contributed by atoms with van der Waals surface area (Å²) >= 11 is 3.54. The van der Waals surface area contributed by atoms with Crippen molar-refractivity contribution in [2.45, 2.75) is 12.8 Å². The maximum absolute atomic E-state index is 6.00. The van der Waals surface area contributed by atoms with Crippen LogP contribution < -0.4 is 4.74 Å². The van der Waals surface area contributed by atoms with Gasteiger partial charge >= 0.3 is 0 Å². The summed E-state index contributed by atoms with van der Waals surface area (Å²) in [5, 5.41) is 0.955. The average molecular weight is 315 g/mol. The minimum Gasteiger partial charge on any atom is -0.457 e. The number of hydrogen-bond donors (Lipinski definition) is 0. The first-order chi connectivity index (χ1) is 9.36. The molecule has 0 aliphatic heterocycles. The lowest BCUT2D eigenvalue weighted by Gasteiger charge is -2.18. The molecule has 0 atom stereocenters. The molecule has 1 aliphatic carbocycles. The van der Waals surface area contributed by atoms with Gasteiger partial charge in [-0.1, -0.05) is 57.9 Å². The molecule has 2 heteroatoms. The average Bonchev–Trinajstić information content (AvgIpc) is 2.48. The second-order valence-electron chi connectivity index (χ2n) is 4.68. The Hall–Kier alpha value is -1.54. The normalized spacial score (nSPS) is 13.6. The van der Waals surface area contributed by atoms with Crippen LogP contribution in [0.2, 0.25) is 0 Å². The van der Waals surface area contributed by atoms with Gasteiger partial charge in [0, 0.05) is 10.9 Å². The van der Waals surface area contributed by atoms with Crippen molar-refractivity contribution < 1.29 is 4.74 Å².